The molecule has 0 fully saturated rings. The van der Waals surface area contributed by atoms with Crippen molar-refractivity contribution >= 4 is 13.6 Å². The number of aromatic hydroxyl groups is 1. The maximum absolute atomic E-state index is 9.64. The maximum atomic E-state index is 9.64. The summed E-state index contributed by atoms with van der Waals surface area (Å²) in [6, 6.07) is 7.05. The van der Waals surface area contributed by atoms with E-state index in [2.05, 4.69) is 0 Å². The molecule has 3 heteroatoms. The van der Waals surface area contributed by atoms with Crippen molar-refractivity contribution in [3.05, 3.63) is 29.8 Å². The van der Waals surface area contributed by atoms with Gasteiger partial charge in [0, 0.05) is 5.56 Å². The third-order valence-corrected chi connectivity index (χ3v) is 3.62. The molecule has 0 aliphatic rings. The van der Waals surface area contributed by atoms with E-state index in [1.54, 1.807) is 24.0 Å². The lowest BCUT2D eigenvalue weighted by Gasteiger charge is -2.05. The molecule has 1 unspecified atom stereocenters. The van der Waals surface area contributed by atoms with Crippen molar-refractivity contribution in [2.75, 3.05) is 0 Å². The highest BCUT2D eigenvalue weighted by Gasteiger charge is 1.99. The van der Waals surface area contributed by atoms with Gasteiger partial charge >= 0.3 is 0 Å². The highest BCUT2D eigenvalue weighted by Crippen LogP contribution is 2.26. The quantitative estimate of drug-likeness (QED) is 0.714. The molecule has 2 nitrogen and oxygen atoms in total. The van der Waals surface area contributed by atoms with Crippen molar-refractivity contribution in [2.45, 2.75) is 19.5 Å². The van der Waals surface area contributed by atoms with Crippen LogP contribution in [-0.2, 0) is 0 Å². The summed E-state index contributed by atoms with van der Waals surface area (Å²) in [4.78, 5) is 9.64. The Hall–Kier alpha value is -0.720. The molecule has 0 saturated carbocycles. The number of phenolic OH excluding ortho intramolecular Hbond substituents is 1. The predicted molar refractivity (Wildman–Crippen MR) is 58.9 cm³/mol. The minimum atomic E-state index is -1.47. The Morgan fingerprint density at radius 3 is 2.46 bits per heavy atom. The van der Waals surface area contributed by atoms with Crippen molar-refractivity contribution in [1.29, 1.82) is 0 Å². The number of para-hydroxylation sites is 1. The van der Waals surface area contributed by atoms with Gasteiger partial charge in [-0.25, -0.2) is 0 Å². The highest BCUT2D eigenvalue weighted by molar-refractivity contribution is 7.52. The number of phenols is 1. The highest BCUT2D eigenvalue weighted by atomic mass is 31.1. The van der Waals surface area contributed by atoms with Crippen LogP contribution in [0.1, 0.15) is 19.4 Å². The Kier molecular flexibility index (Phi) is 3.58. The van der Waals surface area contributed by atoms with Crippen LogP contribution in [0.3, 0.4) is 0 Å². The van der Waals surface area contributed by atoms with Crippen LogP contribution in [0.2, 0.25) is 0 Å². The van der Waals surface area contributed by atoms with Gasteiger partial charge in [0.2, 0.25) is 0 Å². The normalized spacial score (nSPS) is 13.5. The summed E-state index contributed by atoms with van der Waals surface area (Å²) in [5, 5.41) is 9.42. The van der Waals surface area contributed by atoms with E-state index >= 15 is 0 Å². The van der Waals surface area contributed by atoms with Crippen molar-refractivity contribution in [1.82, 2.24) is 0 Å². The molecule has 1 rings (SSSR count). The Morgan fingerprint density at radius 1 is 1.31 bits per heavy atom. The summed E-state index contributed by atoms with van der Waals surface area (Å²) < 4.78 is 0. The lowest BCUT2D eigenvalue weighted by Crippen LogP contribution is -1.89. The van der Waals surface area contributed by atoms with E-state index in [9.17, 15) is 10.00 Å². The van der Waals surface area contributed by atoms with Crippen molar-refractivity contribution < 1.29 is 10.00 Å². The van der Waals surface area contributed by atoms with Gasteiger partial charge in [-0.3, -0.25) is 0 Å². The van der Waals surface area contributed by atoms with Gasteiger partial charge in [0.05, 0.1) is 0 Å². The van der Waals surface area contributed by atoms with Gasteiger partial charge in [-0.1, -0.05) is 32.0 Å². The maximum Gasteiger partial charge on any atom is 0.122 e. The molecule has 1 aromatic carbocycles. The van der Waals surface area contributed by atoms with Crippen molar-refractivity contribution in [3.63, 3.8) is 0 Å². The molecule has 0 aromatic heterocycles. The van der Waals surface area contributed by atoms with Crippen molar-refractivity contribution in [2.24, 2.45) is 0 Å². The summed E-state index contributed by atoms with van der Waals surface area (Å²) in [5.41, 5.74) is 0.997. The summed E-state index contributed by atoms with van der Waals surface area (Å²) >= 11 is 0. The second kappa shape index (κ2) is 4.50. The molecule has 72 valence electrons. The molecule has 0 saturated heterocycles. The first-order valence-electron chi connectivity index (χ1n) is 4.30. The third kappa shape index (κ3) is 2.91. The van der Waals surface area contributed by atoms with E-state index in [-0.39, 0.29) is 11.4 Å². The van der Waals surface area contributed by atoms with Crippen LogP contribution in [0.25, 0.3) is 0 Å². The molecule has 0 amide bonds. The lowest BCUT2D eigenvalue weighted by atomic mass is 10.2. The zero-order valence-electron chi connectivity index (χ0n) is 7.86. The fourth-order valence-electron chi connectivity index (χ4n) is 0.936. The zero-order valence-corrected chi connectivity index (χ0v) is 8.86. The van der Waals surface area contributed by atoms with Gasteiger partial charge in [0.1, 0.15) is 5.75 Å². The second-order valence-corrected chi connectivity index (χ2v) is 5.58. The Labute approximate surface area is 79.3 Å². The van der Waals surface area contributed by atoms with E-state index < -0.39 is 7.77 Å². The van der Waals surface area contributed by atoms with Crippen LogP contribution >= 0.6 is 7.77 Å². The van der Waals surface area contributed by atoms with Gasteiger partial charge < -0.3 is 10.00 Å². The Balaban J connectivity index is 2.97. The summed E-state index contributed by atoms with van der Waals surface area (Å²) in [6.45, 7) is 3.95. The summed E-state index contributed by atoms with van der Waals surface area (Å²) in [7, 11) is -1.47. The minimum Gasteiger partial charge on any atom is -0.507 e. The average Bonchev–Trinajstić information content (AvgIpc) is 2.08. The van der Waals surface area contributed by atoms with Crippen LogP contribution in [0.4, 0.5) is 0 Å². The van der Waals surface area contributed by atoms with Crippen LogP contribution in [-0.4, -0.2) is 21.5 Å². The van der Waals surface area contributed by atoms with E-state index in [0.717, 1.165) is 5.56 Å². The smallest absolute Gasteiger partial charge is 0.122 e. The molecule has 0 heterocycles. The fraction of sp³-hybridized carbons (Fsp3) is 0.300. The van der Waals surface area contributed by atoms with Crippen LogP contribution in [0.15, 0.2) is 24.3 Å². The largest absolute Gasteiger partial charge is 0.507 e. The van der Waals surface area contributed by atoms with Gasteiger partial charge in [0.15, 0.2) is 0 Å². The number of rotatable bonds is 2. The summed E-state index contributed by atoms with van der Waals surface area (Å²) in [5.74, 6) is 2.00. The molecular formula is C10H15O2P. The number of hydrogen-bond donors (Lipinski definition) is 2. The van der Waals surface area contributed by atoms with E-state index in [1.165, 1.54) is 0 Å². The first-order chi connectivity index (χ1) is 6.11. The molecule has 0 spiro atoms. The Bertz CT molecular complexity index is 318. The SMILES string of the molecule is CC(C)/[PH](O)=C/c1ccccc1O. The van der Waals surface area contributed by atoms with Gasteiger partial charge in [-0.2, -0.15) is 0 Å². The van der Waals surface area contributed by atoms with Crippen LogP contribution in [0.5, 0.6) is 5.75 Å². The molecule has 13 heavy (non-hydrogen) atoms. The minimum absolute atomic E-state index is 0.236. The first-order valence-corrected chi connectivity index (χ1v) is 5.90. The number of hydrogen-bond acceptors (Lipinski definition) is 2. The average molecular weight is 198 g/mol. The first kappa shape index (κ1) is 10.4. The topological polar surface area (TPSA) is 40.5 Å². The van der Waals surface area contributed by atoms with Crippen LogP contribution in [0, 0.1) is 0 Å². The van der Waals surface area contributed by atoms with E-state index in [4.69, 9.17) is 0 Å². The monoisotopic (exact) mass is 198 g/mol. The zero-order chi connectivity index (χ0) is 9.84. The molecule has 2 N–H and O–H groups in total. The molecule has 1 aromatic rings. The molecule has 0 radical (unpaired) electrons. The molecular weight excluding hydrogens is 183 g/mol. The van der Waals surface area contributed by atoms with Gasteiger partial charge in [-0.05, 0) is 25.3 Å². The molecule has 0 aliphatic heterocycles. The molecule has 0 aliphatic carbocycles. The standard InChI is InChI=1S/C10H15O2P/c1-8(2)13(12)7-9-5-3-4-6-10(9)11/h3-8,11-13H,1-2H3. The Morgan fingerprint density at radius 2 is 1.92 bits per heavy atom. The summed E-state index contributed by atoms with van der Waals surface area (Å²) in [6.07, 6.45) is 0. The predicted octanol–water partition coefficient (Wildman–Crippen LogP) is 2.07. The fourth-order valence-corrected chi connectivity index (χ4v) is 1.83. The van der Waals surface area contributed by atoms with E-state index in [1.807, 2.05) is 19.9 Å². The van der Waals surface area contributed by atoms with Crippen LogP contribution < -0.4 is 0 Å². The lowest BCUT2D eigenvalue weighted by molar-refractivity contribution is 0.474. The molecule has 1 atom stereocenters. The van der Waals surface area contributed by atoms with Gasteiger partial charge in [-0.15, -0.1) is 0 Å². The van der Waals surface area contributed by atoms with E-state index in [0.29, 0.717) is 0 Å². The third-order valence-electron chi connectivity index (χ3n) is 1.83. The second-order valence-electron chi connectivity index (χ2n) is 3.28. The number of benzene rings is 1. The van der Waals surface area contributed by atoms with Gasteiger partial charge in [0.25, 0.3) is 0 Å². The van der Waals surface area contributed by atoms with Crippen molar-refractivity contribution in [3.8, 4) is 5.75 Å². The molecule has 0 bridgehead atoms.